The Hall–Kier alpha value is -2.04. The molecule has 0 radical (unpaired) electrons. The van der Waals surface area contributed by atoms with Crippen LogP contribution in [0, 0.1) is 5.92 Å². The highest BCUT2D eigenvalue weighted by atomic mass is 16.5. The van der Waals surface area contributed by atoms with Crippen molar-refractivity contribution < 1.29 is 14.3 Å². The lowest BCUT2D eigenvalue weighted by Crippen LogP contribution is -2.44. The molecule has 2 rings (SSSR count). The van der Waals surface area contributed by atoms with E-state index in [-0.39, 0.29) is 24.3 Å². The van der Waals surface area contributed by atoms with E-state index >= 15 is 0 Å². The number of hydrogen-bond acceptors (Lipinski definition) is 3. The molecule has 0 saturated heterocycles. The van der Waals surface area contributed by atoms with Gasteiger partial charge in [0.2, 0.25) is 5.91 Å². The monoisotopic (exact) mass is 290 g/mol. The average Bonchev–Trinajstić information content (AvgIpc) is 2.89. The molecular weight excluding hydrogens is 268 g/mol. The zero-order valence-corrected chi connectivity index (χ0v) is 12.6. The Bertz CT molecular complexity index is 526. The Balaban J connectivity index is 1.73. The normalized spacial score (nSPS) is 12.9. The molecule has 0 heterocycles. The van der Waals surface area contributed by atoms with Crippen LogP contribution < -0.4 is 15.6 Å². The molecule has 0 saturated carbocycles. The van der Waals surface area contributed by atoms with Crippen molar-refractivity contribution in [3.05, 3.63) is 29.3 Å². The van der Waals surface area contributed by atoms with E-state index in [1.165, 1.54) is 17.5 Å². The summed E-state index contributed by atoms with van der Waals surface area (Å²) in [4.78, 5) is 23.0. The van der Waals surface area contributed by atoms with Gasteiger partial charge in [-0.1, -0.05) is 19.9 Å². The SMILES string of the molecule is CC(C)CC(=O)NNC(=O)COc1ccc2c(c1)CCC2. The number of fused-ring (bicyclic) bond motifs is 1. The molecule has 1 aliphatic carbocycles. The molecule has 0 unspecified atom stereocenters. The molecule has 0 aromatic heterocycles. The summed E-state index contributed by atoms with van der Waals surface area (Å²) in [5.74, 6) is 0.382. The van der Waals surface area contributed by atoms with Gasteiger partial charge in [0.1, 0.15) is 5.75 Å². The molecule has 0 fully saturated rings. The number of ether oxygens (including phenoxy) is 1. The second-order valence-electron chi connectivity index (χ2n) is 5.77. The Morgan fingerprint density at radius 3 is 2.62 bits per heavy atom. The fraction of sp³-hybridized carbons (Fsp3) is 0.500. The second-order valence-corrected chi connectivity index (χ2v) is 5.77. The zero-order chi connectivity index (χ0) is 15.2. The van der Waals surface area contributed by atoms with Crippen LogP contribution in [-0.4, -0.2) is 18.4 Å². The predicted molar refractivity (Wildman–Crippen MR) is 79.7 cm³/mol. The average molecular weight is 290 g/mol. The molecule has 0 spiro atoms. The summed E-state index contributed by atoms with van der Waals surface area (Å²) in [7, 11) is 0. The van der Waals surface area contributed by atoms with Crippen molar-refractivity contribution in [2.75, 3.05) is 6.61 Å². The summed E-state index contributed by atoms with van der Waals surface area (Å²) in [6.45, 7) is 3.78. The van der Waals surface area contributed by atoms with Gasteiger partial charge in [-0.2, -0.15) is 0 Å². The van der Waals surface area contributed by atoms with Crippen LogP contribution in [0.4, 0.5) is 0 Å². The topological polar surface area (TPSA) is 67.4 Å². The van der Waals surface area contributed by atoms with Gasteiger partial charge in [-0.05, 0) is 48.4 Å². The maximum absolute atomic E-state index is 11.6. The molecule has 0 atom stereocenters. The Morgan fingerprint density at radius 2 is 1.86 bits per heavy atom. The summed E-state index contributed by atoms with van der Waals surface area (Å²) in [6, 6.07) is 5.93. The predicted octanol–water partition coefficient (Wildman–Crippen LogP) is 1.75. The Kier molecular flexibility index (Phi) is 5.20. The molecule has 1 aliphatic rings. The van der Waals surface area contributed by atoms with Crippen LogP contribution in [0.5, 0.6) is 5.75 Å². The number of rotatable bonds is 5. The van der Waals surface area contributed by atoms with Crippen molar-refractivity contribution in [3.8, 4) is 5.75 Å². The van der Waals surface area contributed by atoms with E-state index in [1.807, 2.05) is 26.0 Å². The van der Waals surface area contributed by atoms with Crippen molar-refractivity contribution in [1.82, 2.24) is 10.9 Å². The number of aryl methyl sites for hydroxylation is 2. The number of amides is 2. The number of carbonyl (C=O) groups excluding carboxylic acids is 2. The van der Waals surface area contributed by atoms with E-state index in [4.69, 9.17) is 4.74 Å². The number of carbonyl (C=O) groups is 2. The van der Waals surface area contributed by atoms with Gasteiger partial charge in [0.15, 0.2) is 6.61 Å². The minimum absolute atomic E-state index is 0.110. The lowest BCUT2D eigenvalue weighted by molar-refractivity contribution is -0.130. The molecule has 5 nitrogen and oxygen atoms in total. The highest BCUT2D eigenvalue weighted by Gasteiger charge is 2.12. The summed E-state index contributed by atoms with van der Waals surface area (Å²) >= 11 is 0. The van der Waals surface area contributed by atoms with Crippen LogP contribution in [-0.2, 0) is 22.4 Å². The van der Waals surface area contributed by atoms with Crippen LogP contribution in [0.3, 0.4) is 0 Å². The van der Waals surface area contributed by atoms with E-state index in [2.05, 4.69) is 16.9 Å². The molecule has 2 amide bonds. The quantitative estimate of drug-likeness (QED) is 0.812. The molecular formula is C16H22N2O3. The van der Waals surface area contributed by atoms with Crippen LogP contribution in [0.25, 0.3) is 0 Å². The van der Waals surface area contributed by atoms with Crippen molar-refractivity contribution in [2.45, 2.75) is 39.5 Å². The summed E-state index contributed by atoms with van der Waals surface area (Å²) in [5, 5.41) is 0. The standard InChI is InChI=1S/C16H22N2O3/c1-11(2)8-15(19)17-18-16(20)10-21-14-7-6-12-4-3-5-13(12)9-14/h6-7,9,11H,3-5,8,10H2,1-2H3,(H,17,19)(H,18,20). The van der Waals surface area contributed by atoms with Gasteiger partial charge < -0.3 is 4.74 Å². The van der Waals surface area contributed by atoms with Gasteiger partial charge in [-0.3, -0.25) is 20.4 Å². The molecule has 5 heteroatoms. The molecule has 0 aliphatic heterocycles. The van der Waals surface area contributed by atoms with E-state index in [0.717, 1.165) is 12.8 Å². The van der Waals surface area contributed by atoms with Gasteiger partial charge in [0, 0.05) is 6.42 Å². The fourth-order valence-corrected chi connectivity index (χ4v) is 2.38. The van der Waals surface area contributed by atoms with Crippen molar-refractivity contribution >= 4 is 11.8 Å². The smallest absolute Gasteiger partial charge is 0.276 e. The summed E-state index contributed by atoms with van der Waals surface area (Å²) < 4.78 is 5.44. The van der Waals surface area contributed by atoms with Crippen LogP contribution in [0.1, 0.15) is 37.8 Å². The number of hydrazine groups is 1. The van der Waals surface area contributed by atoms with Crippen molar-refractivity contribution in [1.29, 1.82) is 0 Å². The van der Waals surface area contributed by atoms with E-state index in [9.17, 15) is 9.59 Å². The lowest BCUT2D eigenvalue weighted by Gasteiger charge is -2.10. The minimum atomic E-state index is -0.368. The molecule has 114 valence electrons. The third kappa shape index (κ3) is 4.77. The third-order valence-electron chi connectivity index (χ3n) is 3.37. The van der Waals surface area contributed by atoms with E-state index < -0.39 is 0 Å². The van der Waals surface area contributed by atoms with Gasteiger partial charge in [-0.15, -0.1) is 0 Å². The minimum Gasteiger partial charge on any atom is -0.484 e. The highest BCUT2D eigenvalue weighted by Crippen LogP contribution is 2.25. The molecule has 1 aromatic carbocycles. The maximum atomic E-state index is 11.6. The first-order chi connectivity index (χ1) is 10.0. The molecule has 0 bridgehead atoms. The molecule has 2 N–H and O–H groups in total. The van der Waals surface area contributed by atoms with Crippen LogP contribution in [0.15, 0.2) is 18.2 Å². The number of benzene rings is 1. The maximum Gasteiger partial charge on any atom is 0.276 e. The lowest BCUT2D eigenvalue weighted by atomic mass is 10.1. The molecule has 1 aromatic rings. The Morgan fingerprint density at radius 1 is 1.14 bits per heavy atom. The van der Waals surface area contributed by atoms with E-state index in [0.29, 0.717) is 12.2 Å². The highest BCUT2D eigenvalue weighted by molar-refractivity contribution is 5.82. The van der Waals surface area contributed by atoms with Crippen LogP contribution in [0.2, 0.25) is 0 Å². The molecule has 21 heavy (non-hydrogen) atoms. The first-order valence-electron chi connectivity index (χ1n) is 7.37. The first kappa shape index (κ1) is 15.4. The summed E-state index contributed by atoms with van der Waals surface area (Å²) in [5.41, 5.74) is 7.39. The van der Waals surface area contributed by atoms with Gasteiger partial charge in [0.05, 0.1) is 0 Å². The fourth-order valence-electron chi connectivity index (χ4n) is 2.38. The van der Waals surface area contributed by atoms with Gasteiger partial charge in [-0.25, -0.2) is 0 Å². The number of hydrogen-bond donors (Lipinski definition) is 2. The first-order valence-corrected chi connectivity index (χ1v) is 7.37. The zero-order valence-electron chi connectivity index (χ0n) is 12.6. The van der Waals surface area contributed by atoms with Gasteiger partial charge >= 0.3 is 0 Å². The third-order valence-corrected chi connectivity index (χ3v) is 3.37. The van der Waals surface area contributed by atoms with Gasteiger partial charge in [0.25, 0.3) is 5.91 Å². The Labute approximate surface area is 125 Å². The van der Waals surface area contributed by atoms with E-state index in [1.54, 1.807) is 0 Å². The second kappa shape index (κ2) is 7.11. The largest absolute Gasteiger partial charge is 0.484 e. The summed E-state index contributed by atoms with van der Waals surface area (Å²) in [6.07, 6.45) is 3.76. The number of nitrogens with one attached hydrogen (secondary N) is 2. The van der Waals surface area contributed by atoms with Crippen molar-refractivity contribution in [3.63, 3.8) is 0 Å². The van der Waals surface area contributed by atoms with Crippen molar-refractivity contribution in [2.24, 2.45) is 5.92 Å². The van der Waals surface area contributed by atoms with Crippen LogP contribution >= 0.6 is 0 Å².